The lowest BCUT2D eigenvalue weighted by Gasteiger charge is -2.27. The summed E-state index contributed by atoms with van der Waals surface area (Å²) in [5.41, 5.74) is 4.64. The molecule has 1 aliphatic carbocycles. The van der Waals surface area contributed by atoms with E-state index in [9.17, 15) is 4.79 Å². The summed E-state index contributed by atoms with van der Waals surface area (Å²) < 4.78 is 10.8. The van der Waals surface area contributed by atoms with Gasteiger partial charge in [-0.3, -0.25) is 9.69 Å². The average Bonchev–Trinajstić information content (AvgIpc) is 3.03. The number of hydrogen-bond acceptors (Lipinski definition) is 4. The van der Waals surface area contributed by atoms with Gasteiger partial charge in [-0.15, -0.1) is 0 Å². The maximum absolute atomic E-state index is 12.9. The van der Waals surface area contributed by atoms with Crippen LogP contribution in [0.15, 0.2) is 54.1 Å². The summed E-state index contributed by atoms with van der Waals surface area (Å²) >= 11 is 0. The summed E-state index contributed by atoms with van der Waals surface area (Å²) in [5.74, 6) is 1.61. The van der Waals surface area contributed by atoms with Crippen LogP contribution in [-0.2, 0) is 13.0 Å². The summed E-state index contributed by atoms with van der Waals surface area (Å²) in [4.78, 5) is 15.4. The van der Waals surface area contributed by atoms with Crippen LogP contribution >= 0.6 is 0 Å². The normalized spacial score (nSPS) is 19.3. The smallest absolute Gasteiger partial charge is 0.167 e. The number of Topliss-reactive ketones (excluding diaryl/α,β-unsaturated/α-hetero) is 1. The molecular weight excluding hydrogens is 350 g/mol. The van der Waals surface area contributed by atoms with E-state index in [0.717, 1.165) is 50.0 Å². The van der Waals surface area contributed by atoms with Crippen molar-refractivity contribution in [2.75, 3.05) is 27.3 Å². The quantitative estimate of drug-likeness (QED) is 0.705. The van der Waals surface area contributed by atoms with E-state index in [2.05, 4.69) is 41.3 Å². The Hall–Kier alpha value is -2.59. The number of ketones is 1. The number of carbonyl (C=O) groups is 1. The highest BCUT2D eigenvalue weighted by Crippen LogP contribution is 2.38. The molecule has 2 aliphatic rings. The lowest BCUT2D eigenvalue weighted by molar-refractivity contribution is 0.0934. The molecule has 0 bridgehead atoms. The fourth-order valence-electron chi connectivity index (χ4n) is 4.30. The van der Waals surface area contributed by atoms with Crippen LogP contribution < -0.4 is 9.47 Å². The van der Waals surface area contributed by atoms with Gasteiger partial charge in [0.05, 0.1) is 14.2 Å². The van der Waals surface area contributed by atoms with E-state index in [1.54, 1.807) is 14.2 Å². The second-order valence-electron chi connectivity index (χ2n) is 7.67. The molecule has 1 heterocycles. The first kappa shape index (κ1) is 18.8. The van der Waals surface area contributed by atoms with Crippen LogP contribution in [0.4, 0.5) is 0 Å². The van der Waals surface area contributed by atoms with Gasteiger partial charge in [0.25, 0.3) is 0 Å². The van der Waals surface area contributed by atoms with Crippen molar-refractivity contribution in [3.05, 3.63) is 70.8 Å². The standard InChI is InChI=1S/C24H27NO3/c1-27-22-14-19-13-20(24(26)21(19)15-23(22)28-2)12-17-8-10-25(11-9-17)16-18-6-4-3-5-7-18/h3-8,14-15,20H,9-13,16H2,1-2H3/t20-/m0/s1. The van der Waals surface area contributed by atoms with Crippen LogP contribution in [0.2, 0.25) is 0 Å². The molecule has 28 heavy (non-hydrogen) atoms. The number of rotatable bonds is 6. The first-order valence-corrected chi connectivity index (χ1v) is 9.91. The Bertz CT molecular complexity index is 888. The first-order chi connectivity index (χ1) is 13.7. The van der Waals surface area contributed by atoms with Gasteiger partial charge in [-0.2, -0.15) is 0 Å². The monoisotopic (exact) mass is 377 g/mol. The van der Waals surface area contributed by atoms with Crippen LogP contribution in [-0.4, -0.2) is 38.0 Å². The molecule has 0 saturated carbocycles. The molecule has 0 unspecified atom stereocenters. The van der Waals surface area contributed by atoms with E-state index >= 15 is 0 Å². The van der Waals surface area contributed by atoms with Gasteiger partial charge in [0.2, 0.25) is 0 Å². The van der Waals surface area contributed by atoms with E-state index in [-0.39, 0.29) is 11.7 Å². The minimum atomic E-state index is 0.0405. The largest absolute Gasteiger partial charge is 0.493 e. The molecule has 2 aromatic rings. The number of fused-ring (bicyclic) bond motifs is 1. The van der Waals surface area contributed by atoms with Crippen LogP contribution in [0, 0.1) is 5.92 Å². The van der Waals surface area contributed by atoms with Crippen molar-refractivity contribution in [1.29, 1.82) is 0 Å². The van der Waals surface area contributed by atoms with Crippen molar-refractivity contribution in [2.24, 2.45) is 5.92 Å². The summed E-state index contributed by atoms with van der Waals surface area (Å²) in [6, 6.07) is 14.4. The predicted octanol–water partition coefficient (Wildman–Crippen LogP) is 4.28. The zero-order valence-electron chi connectivity index (χ0n) is 16.6. The van der Waals surface area contributed by atoms with Crippen molar-refractivity contribution in [3.63, 3.8) is 0 Å². The second-order valence-corrected chi connectivity index (χ2v) is 7.67. The van der Waals surface area contributed by atoms with Gasteiger partial charge in [-0.25, -0.2) is 0 Å². The topological polar surface area (TPSA) is 38.8 Å². The van der Waals surface area contributed by atoms with Gasteiger partial charge in [0, 0.05) is 31.1 Å². The molecule has 0 saturated heterocycles. The maximum atomic E-state index is 12.9. The highest BCUT2D eigenvalue weighted by Gasteiger charge is 2.32. The van der Waals surface area contributed by atoms with Crippen LogP contribution in [0.1, 0.15) is 34.3 Å². The number of hydrogen-bond donors (Lipinski definition) is 0. The van der Waals surface area contributed by atoms with Crippen LogP contribution in [0.3, 0.4) is 0 Å². The molecule has 0 amide bonds. The molecule has 4 heteroatoms. The van der Waals surface area contributed by atoms with Gasteiger partial charge in [0.15, 0.2) is 17.3 Å². The number of nitrogens with zero attached hydrogens (tertiary/aromatic N) is 1. The zero-order chi connectivity index (χ0) is 19.5. The molecular formula is C24H27NO3. The highest BCUT2D eigenvalue weighted by molar-refractivity contribution is 6.03. The van der Waals surface area contributed by atoms with E-state index in [4.69, 9.17) is 9.47 Å². The van der Waals surface area contributed by atoms with Gasteiger partial charge in [0.1, 0.15) is 0 Å². The van der Waals surface area contributed by atoms with Crippen molar-refractivity contribution >= 4 is 5.78 Å². The Morgan fingerprint density at radius 1 is 1.07 bits per heavy atom. The molecule has 1 atom stereocenters. The van der Waals surface area contributed by atoms with Crippen LogP contribution in [0.25, 0.3) is 0 Å². The van der Waals surface area contributed by atoms with Crippen molar-refractivity contribution in [2.45, 2.75) is 25.8 Å². The maximum Gasteiger partial charge on any atom is 0.167 e. The third kappa shape index (κ3) is 3.83. The van der Waals surface area contributed by atoms with E-state index in [1.807, 2.05) is 12.1 Å². The summed E-state index contributed by atoms with van der Waals surface area (Å²) in [6.45, 7) is 2.99. The number of methoxy groups -OCH3 is 2. The molecule has 0 N–H and O–H groups in total. The fourth-order valence-corrected chi connectivity index (χ4v) is 4.30. The minimum absolute atomic E-state index is 0.0405. The molecule has 4 nitrogen and oxygen atoms in total. The number of ether oxygens (including phenoxy) is 2. The lowest BCUT2D eigenvalue weighted by Crippen LogP contribution is -2.29. The molecule has 1 aliphatic heterocycles. The van der Waals surface area contributed by atoms with E-state index in [1.165, 1.54) is 11.1 Å². The summed E-state index contributed by atoms with van der Waals surface area (Å²) in [7, 11) is 3.24. The Kier molecular flexibility index (Phi) is 5.49. The lowest BCUT2D eigenvalue weighted by atomic mass is 9.92. The molecule has 146 valence electrons. The molecule has 2 aromatic carbocycles. The fraction of sp³-hybridized carbons (Fsp3) is 0.375. The molecule has 4 rings (SSSR count). The average molecular weight is 377 g/mol. The van der Waals surface area contributed by atoms with Gasteiger partial charge in [-0.1, -0.05) is 42.0 Å². The summed E-state index contributed by atoms with van der Waals surface area (Å²) in [5, 5.41) is 0. The third-order valence-corrected chi connectivity index (χ3v) is 5.86. The Balaban J connectivity index is 1.39. The number of benzene rings is 2. The zero-order valence-corrected chi connectivity index (χ0v) is 16.6. The van der Waals surface area contributed by atoms with Crippen molar-refractivity contribution in [3.8, 4) is 11.5 Å². The Morgan fingerprint density at radius 2 is 1.82 bits per heavy atom. The highest BCUT2D eigenvalue weighted by atomic mass is 16.5. The molecule has 0 fully saturated rings. The Labute approximate surface area is 166 Å². The van der Waals surface area contributed by atoms with Crippen molar-refractivity contribution < 1.29 is 14.3 Å². The predicted molar refractivity (Wildman–Crippen MR) is 110 cm³/mol. The minimum Gasteiger partial charge on any atom is -0.493 e. The summed E-state index contributed by atoms with van der Waals surface area (Å²) in [6.07, 6.45) is 5.01. The molecule has 0 aromatic heterocycles. The molecule has 0 radical (unpaired) electrons. The molecule has 0 spiro atoms. The van der Waals surface area contributed by atoms with Crippen LogP contribution in [0.5, 0.6) is 11.5 Å². The van der Waals surface area contributed by atoms with Gasteiger partial charge in [-0.05, 0) is 42.5 Å². The van der Waals surface area contributed by atoms with E-state index < -0.39 is 0 Å². The third-order valence-electron chi connectivity index (χ3n) is 5.86. The van der Waals surface area contributed by atoms with Gasteiger partial charge < -0.3 is 9.47 Å². The van der Waals surface area contributed by atoms with Gasteiger partial charge >= 0.3 is 0 Å². The number of carbonyl (C=O) groups excluding carboxylic acids is 1. The second kappa shape index (κ2) is 8.19. The Morgan fingerprint density at radius 3 is 2.50 bits per heavy atom. The first-order valence-electron chi connectivity index (χ1n) is 9.91. The SMILES string of the molecule is COc1cc2c(cc1OC)C(=O)[C@@H](CC1=CCN(Cc3ccccc3)CC1)C2. The van der Waals surface area contributed by atoms with E-state index in [0.29, 0.717) is 11.5 Å². The van der Waals surface area contributed by atoms with Crippen molar-refractivity contribution in [1.82, 2.24) is 4.90 Å².